The molecule has 0 unspecified atom stereocenters. The Bertz CT molecular complexity index is 998. The van der Waals surface area contributed by atoms with Crippen LogP contribution in [0.3, 0.4) is 0 Å². The van der Waals surface area contributed by atoms with Crippen LogP contribution in [0.15, 0.2) is 63.8 Å². The second-order valence-corrected chi connectivity index (χ2v) is 5.78. The molecule has 3 aromatic rings. The van der Waals surface area contributed by atoms with E-state index in [1.807, 2.05) is 30.3 Å². The van der Waals surface area contributed by atoms with E-state index in [0.29, 0.717) is 18.8 Å². The average Bonchev–Trinajstić information content (AvgIpc) is 2.60. The highest BCUT2D eigenvalue weighted by molar-refractivity contribution is 5.78. The lowest BCUT2D eigenvalue weighted by atomic mass is 10.0. The number of hydrogen-bond donors (Lipinski definition) is 0. The molecule has 120 valence electrons. The van der Waals surface area contributed by atoms with Crippen molar-refractivity contribution in [2.45, 2.75) is 6.92 Å². The van der Waals surface area contributed by atoms with Crippen LogP contribution in [0.25, 0.3) is 16.5 Å². The molecule has 0 amide bonds. The number of ether oxygens (including phenoxy) is 2. The Hall–Kier alpha value is -3.01. The van der Waals surface area contributed by atoms with Crippen LogP contribution in [0.5, 0.6) is 11.5 Å². The van der Waals surface area contributed by atoms with E-state index in [1.165, 1.54) is 11.6 Å². The van der Waals surface area contributed by atoms with Gasteiger partial charge in [0, 0.05) is 17.0 Å². The normalized spacial score (nSPS) is 13.1. The lowest BCUT2D eigenvalue weighted by Crippen LogP contribution is -2.10. The Morgan fingerprint density at radius 1 is 1.08 bits per heavy atom. The van der Waals surface area contributed by atoms with Gasteiger partial charge in [-0.05, 0) is 55.0 Å². The summed E-state index contributed by atoms with van der Waals surface area (Å²) < 4.78 is 16.7. The summed E-state index contributed by atoms with van der Waals surface area (Å²) in [4.78, 5) is 11.2. The summed E-state index contributed by atoms with van der Waals surface area (Å²) in [6, 6.07) is 14.7. The summed E-state index contributed by atoms with van der Waals surface area (Å²) in [7, 11) is 0. The number of aryl methyl sites for hydroxylation is 1. The van der Waals surface area contributed by atoms with Gasteiger partial charge in [-0.1, -0.05) is 11.6 Å². The molecule has 0 saturated heterocycles. The number of rotatable bonds is 3. The van der Waals surface area contributed by atoms with Gasteiger partial charge in [-0.3, -0.25) is 0 Å². The van der Waals surface area contributed by atoms with Gasteiger partial charge in [0.1, 0.15) is 30.3 Å². The minimum Gasteiger partial charge on any atom is -0.489 e. The van der Waals surface area contributed by atoms with Gasteiger partial charge in [0.05, 0.1) is 0 Å². The van der Waals surface area contributed by atoms with Crippen molar-refractivity contribution in [1.29, 1.82) is 0 Å². The fraction of sp³-hybridized carbons (Fsp3) is 0.150. The predicted octanol–water partition coefficient (Wildman–Crippen LogP) is 3.96. The van der Waals surface area contributed by atoms with Crippen LogP contribution in [0.4, 0.5) is 0 Å². The molecule has 0 spiro atoms. The van der Waals surface area contributed by atoms with Gasteiger partial charge in [-0.2, -0.15) is 0 Å². The van der Waals surface area contributed by atoms with Gasteiger partial charge in [0.2, 0.25) is 0 Å². The smallest absolute Gasteiger partial charge is 0.336 e. The molecule has 1 aromatic heterocycles. The molecule has 0 radical (unpaired) electrons. The topological polar surface area (TPSA) is 48.7 Å². The highest BCUT2D eigenvalue weighted by Crippen LogP contribution is 2.31. The highest BCUT2D eigenvalue weighted by Gasteiger charge is 2.14. The van der Waals surface area contributed by atoms with Crippen molar-refractivity contribution in [3.05, 3.63) is 76.2 Å². The fourth-order valence-corrected chi connectivity index (χ4v) is 2.80. The van der Waals surface area contributed by atoms with E-state index in [2.05, 4.69) is 13.0 Å². The second-order valence-electron chi connectivity index (χ2n) is 5.78. The third kappa shape index (κ3) is 2.78. The van der Waals surface area contributed by atoms with Crippen molar-refractivity contribution >= 4 is 16.5 Å². The van der Waals surface area contributed by atoms with Crippen molar-refractivity contribution in [1.82, 2.24) is 0 Å². The molecule has 1 aliphatic rings. The molecule has 1 aliphatic heterocycles. The van der Waals surface area contributed by atoms with Crippen molar-refractivity contribution < 1.29 is 13.9 Å². The molecule has 0 fully saturated rings. The first-order chi connectivity index (χ1) is 11.7. The SMILES string of the molecule is Cc1ccc2c(c1)C(COc1ccc3oc(=O)ccc3c1)=CCO2. The van der Waals surface area contributed by atoms with E-state index in [4.69, 9.17) is 13.9 Å². The molecule has 2 aromatic carbocycles. The van der Waals surface area contributed by atoms with Crippen molar-refractivity contribution in [2.75, 3.05) is 13.2 Å². The summed E-state index contributed by atoms with van der Waals surface area (Å²) in [5, 5.41) is 0.837. The van der Waals surface area contributed by atoms with Crippen molar-refractivity contribution in [2.24, 2.45) is 0 Å². The third-order valence-electron chi connectivity index (χ3n) is 4.03. The highest BCUT2D eigenvalue weighted by atomic mass is 16.5. The summed E-state index contributed by atoms with van der Waals surface area (Å²) in [5.74, 6) is 1.62. The summed E-state index contributed by atoms with van der Waals surface area (Å²) in [5.41, 5.74) is 3.58. The maximum Gasteiger partial charge on any atom is 0.336 e. The molecule has 0 atom stereocenters. The monoisotopic (exact) mass is 320 g/mol. The first kappa shape index (κ1) is 14.6. The molecule has 4 rings (SSSR count). The Balaban J connectivity index is 1.57. The zero-order valence-corrected chi connectivity index (χ0v) is 13.2. The summed E-state index contributed by atoms with van der Waals surface area (Å²) in [6.45, 7) is 3.07. The zero-order valence-electron chi connectivity index (χ0n) is 13.2. The van der Waals surface area contributed by atoms with Crippen LogP contribution in [-0.4, -0.2) is 13.2 Å². The first-order valence-corrected chi connectivity index (χ1v) is 7.79. The minimum atomic E-state index is -0.351. The largest absolute Gasteiger partial charge is 0.489 e. The minimum absolute atomic E-state index is 0.351. The number of benzene rings is 2. The van der Waals surface area contributed by atoms with Gasteiger partial charge in [-0.15, -0.1) is 0 Å². The molecule has 24 heavy (non-hydrogen) atoms. The zero-order chi connectivity index (χ0) is 16.5. The van der Waals surface area contributed by atoms with Crippen LogP contribution in [-0.2, 0) is 0 Å². The van der Waals surface area contributed by atoms with Crippen molar-refractivity contribution in [3.63, 3.8) is 0 Å². The van der Waals surface area contributed by atoms with Crippen LogP contribution in [0.2, 0.25) is 0 Å². The Labute approximate surface area is 138 Å². The molecule has 2 heterocycles. The van der Waals surface area contributed by atoms with Gasteiger partial charge in [-0.25, -0.2) is 4.79 Å². The second kappa shape index (κ2) is 5.89. The predicted molar refractivity (Wildman–Crippen MR) is 92.6 cm³/mol. The Morgan fingerprint density at radius 3 is 2.92 bits per heavy atom. The van der Waals surface area contributed by atoms with Crippen molar-refractivity contribution in [3.8, 4) is 11.5 Å². The molecule has 4 heteroatoms. The van der Waals surface area contributed by atoms with Gasteiger partial charge >= 0.3 is 5.63 Å². The van der Waals surface area contributed by atoms with E-state index in [-0.39, 0.29) is 5.63 Å². The average molecular weight is 320 g/mol. The molecule has 4 nitrogen and oxygen atoms in total. The Morgan fingerprint density at radius 2 is 2.00 bits per heavy atom. The fourth-order valence-electron chi connectivity index (χ4n) is 2.80. The maximum atomic E-state index is 11.2. The summed E-state index contributed by atoms with van der Waals surface area (Å²) >= 11 is 0. The molecule has 0 saturated carbocycles. The number of fused-ring (bicyclic) bond motifs is 2. The van der Waals surface area contributed by atoms with E-state index >= 15 is 0 Å². The molecular weight excluding hydrogens is 304 g/mol. The van der Waals surface area contributed by atoms with Gasteiger partial charge in [0.25, 0.3) is 0 Å². The quantitative estimate of drug-likeness (QED) is 0.686. The lowest BCUT2D eigenvalue weighted by Gasteiger charge is -2.19. The maximum absolute atomic E-state index is 11.2. The summed E-state index contributed by atoms with van der Waals surface area (Å²) in [6.07, 6.45) is 2.04. The van der Waals surface area contributed by atoms with E-state index < -0.39 is 0 Å². The third-order valence-corrected chi connectivity index (χ3v) is 4.03. The van der Waals surface area contributed by atoms with Crippen LogP contribution < -0.4 is 15.1 Å². The molecule has 0 N–H and O–H groups in total. The standard InChI is InChI=1S/C20H16O4/c1-13-2-5-19-17(10-13)15(8-9-22-19)12-23-16-4-6-18-14(11-16)3-7-20(21)24-18/h2-8,10-11H,9,12H2,1H3. The van der Waals surface area contributed by atoms with Crippen LogP contribution in [0, 0.1) is 6.92 Å². The molecule has 0 aliphatic carbocycles. The molecule has 0 bridgehead atoms. The van der Waals surface area contributed by atoms with Crippen LogP contribution >= 0.6 is 0 Å². The van der Waals surface area contributed by atoms with E-state index in [9.17, 15) is 4.79 Å². The van der Waals surface area contributed by atoms with E-state index in [0.717, 1.165) is 28.0 Å². The van der Waals surface area contributed by atoms with Crippen LogP contribution in [0.1, 0.15) is 11.1 Å². The lowest BCUT2D eigenvalue weighted by molar-refractivity contribution is 0.343. The Kier molecular flexibility index (Phi) is 3.58. The van der Waals surface area contributed by atoms with Gasteiger partial charge < -0.3 is 13.9 Å². The number of hydrogen-bond acceptors (Lipinski definition) is 4. The van der Waals surface area contributed by atoms with E-state index in [1.54, 1.807) is 12.1 Å². The van der Waals surface area contributed by atoms with Gasteiger partial charge in [0.15, 0.2) is 0 Å². The molecular formula is C20H16O4. The first-order valence-electron chi connectivity index (χ1n) is 7.79.